The van der Waals surface area contributed by atoms with Crippen LogP contribution in [-0.4, -0.2) is 24.5 Å². The molecule has 0 aromatic heterocycles. The van der Waals surface area contributed by atoms with Crippen molar-refractivity contribution in [1.82, 2.24) is 0 Å². The monoisotopic (exact) mass is 213 g/mol. The van der Waals surface area contributed by atoms with E-state index in [0.717, 1.165) is 32.3 Å². The molecule has 3 unspecified atom stereocenters. The lowest BCUT2D eigenvalue weighted by molar-refractivity contribution is -0.121. The first-order valence-corrected chi connectivity index (χ1v) is 6.05. The molecular weight excluding hydrogens is 190 g/mol. The number of ketones is 1. The van der Waals surface area contributed by atoms with Gasteiger partial charge in [-0.2, -0.15) is 0 Å². The summed E-state index contributed by atoms with van der Waals surface area (Å²) in [4.78, 5) is 11.7. The second kappa shape index (κ2) is 6.23. The van der Waals surface area contributed by atoms with E-state index in [0.29, 0.717) is 18.4 Å². The fraction of sp³-hybridized carbons (Fsp3) is 0.917. The predicted molar refractivity (Wildman–Crippen MR) is 60.6 cm³/mol. The molecule has 0 aliphatic carbocycles. The van der Waals surface area contributed by atoms with E-state index >= 15 is 0 Å². The Morgan fingerprint density at radius 2 is 2.33 bits per heavy atom. The Balaban J connectivity index is 2.22. The van der Waals surface area contributed by atoms with Crippen molar-refractivity contribution in [3.8, 4) is 0 Å². The molecule has 1 aliphatic rings. The molecule has 1 saturated heterocycles. The van der Waals surface area contributed by atoms with Gasteiger partial charge in [-0.25, -0.2) is 0 Å². The molecule has 1 fully saturated rings. The van der Waals surface area contributed by atoms with Crippen molar-refractivity contribution in [2.75, 3.05) is 6.61 Å². The lowest BCUT2D eigenvalue weighted by atomic mass is 9.93. The largest absolute Gasteiger partial charge is 0.378 e. The zero-order valence-corrected chi connectivity index (χ0v) is 9.87. The maximum Gasteiger partial charge on any atom is 0.149 e. The molecule has 3 nitrogen and oxygen atoms in total. The molecule has 0 aromatic rings. The normalized spacial score (nSPS) is 25.1. The highest BCUT2D eigenvalue weighted by Crippen LogP contribution is 2.18. The first-order chi connectivity index (χ1) is 7.15. The third-order valence-corrected chi connectivity index (χ3v) is 3.37. The Kier molecular flexibility index (Phi) is 5.26. The summed E-state index contributed by atoms with van der Waals surface area (Å²) in [6.07, 6.45) is 4.94. The predicted octanol–water partition coefficient (Wildman–Crippen LogP) is 1.89. The molecule has 0 amide bonds. The Hall–Kier alpha value is -0.410. The molecule has 88 valence electrons. The van der Waals surface area contributed by atoms with Crippen LogP contribution in [0.25, 0.3) is 0 Å². The van der Waals surface area contributed by atoms with Crippen LogP contribution in [0, 0.1) is 5.92 Å². The van der Waals surface area contributed by atoms with Crippen LogP contribution in [-0.2, 0) is 9.53 Å². The number of ether oxygens (including phenoxy) is 1. The SMILES string of the molecule is CCC(C)C(N)C(=O)CCC1CCCO1. The minimum atomic E-state index is -0.281. The molecule has 3 heteroatoms. The molecule has 1 rings (SSSR count). The molecule has 0 bridgehead atoms. The fourth-order valence-corrected chi connectivity index (χ4v) is 1.91. The molecule has 0 aromatic carbocycles. The van der Waals surface area contributed by atoms with Gasteiger partial charge < -0.3 is 10.5 Å². The molecule has 0 saturated carbocycles. The van der Waals surface area contributed by atoms with Gasteiger partial charge in [-0.15, -0.1) is 0 Å². The van der Waals surface area contributed by atoms with E-state index in [9.17, 15) is 4.79 Å². The van der Waals surface area contributed by atoms with Gasteiger partial charge in [-0.05, 0) is 25.2 Å². The van der Waals surface area contributed by atoms with Crippen LogP contribution >= 0.6 is 0 Å². The second-order valence-corrected chi connectivity index (χ2v) is 4.55. The van der Waals surface area contributed by atoms with Crippen molar-refractivity contribution >= 4 is 5.78 Å². The van der Waals surface area contributed by atoms with Gasteiger partial charge in [-0.3, -0.25) is 4.79 Å². The molecule has 1 heterocycles. The maximum absolute atomic E-state index is 11.7. The number of carbonyl (C=O) groups excluding carboxylic acids is 1. The van der Waals surface area contributed by atoms with Crippen LogP contribution < -0.4 is 5.73 Å². The molecule has 15 heavy (non-hydrogen) atoms. The average molecular weight is 213 g/mol. The first kappa shape index (κ1) is 12.7. The van der Waals surface area contributed by atoms with Crippen LogP contribution in [0.5, 0.6) is 0 Å². The van der Waals surface area contributed by atoms with E-state index in [2.05, 4.69) is 6.92 Å². The van der Waals surface area contributed by atoms with E-state index in [4.69, 9.17) is 10.5 Å². The minimum absolute atomic E-state index is 0.194. The van der Waals surface area contributed by atoms with Gasteiger partial charge in [-0.1, -0.05) is 20.3 Å². The zero-order valence-electron chi connectivity index (χ0n) is 9.87. The van der Waals surface area contributed by atoms with Crippen molar-refractivity contribution < 1.29 is 9.53 Å². The topological polar surface area (TPSA) is 52.3 Å². The Labute approximate surface area is 92.4 Å². The first-order valence-electron chi connectivity index (χ1n) is 6.05. The van der Waals surface area contributed by atoms with Gasteiger partial charge in [0.05, 0.1) is 12.1 Å². The molecule has 2 N–H and O–H groups in total. The number of hydrogen-bond acceptors (Lipinski definition) is 3. The lowest BCUT2D eigenvalue weighted by Gasteiger charge is -2.17. The second-order valence-electron chi connectivity index (χ2n) is 4.55. The molecule has 0 radical (unpaired) electrons. The van der Waals surface area contributed by atoms with E-state index in [1.807, 2.05) is 6.92 Å². The Morgan fingerprint density at radius 1 is 1.60 bits per heavy atom. The van der Waals surface area contributed by atoms with E-state index < -0.39 is 0 Å². The van der Waals surface area contributed by atoms with E-state index in [1.165, 1.54) is 0 Å². The number of hydrogen-bond donors (Lipinski definition) is 1. The zero-order chi connectivity index (χ0) is 11.3. The van der Waals surface area contributed by atoms with Gasteiger partial charge in [0.1, 0.15) is 5.78 Å². The van der Waals surface area contributed by atoms with Crippen molar-refractivity contribution in [2.45, 2.75) is 58.1 Å². The van der Waals surface area contributed by atoms with E-state index in [-0.39, 0.29) is 11.8 Å². The van der Waals surface area contributed by atoms with Crippen LogP contribution in [0.15, 0.2) is 0 Å². The number of carbonyl (C=O) groups is 1. The van der Waals surface area contributed by atoms with Crippen LogP contribution in [0.3, 0.4) is 0 Å². The molecular formula is C12H23NO2. The van der Waals surface area contributed by atoms with Crippen molar-refractivity contribution in [2.24, 2.45) is 11.7 Å². The van der Waals surface area contributed by atoms with Crippen molar-refractivity contribution in [3.05, 3.63) is 0 Å². The highest BCUT2D eigenvalue weighted by Gasteiger charge is 2.22. The van der Waals surface area contributed by atoms with Gasteiger partial charge in [0.2, 0.25) is 0 Å². The van der Waals surface area contributed by atoms with Gasteiger partial charge >= 0.3 is 0 Å². The van der Waals surface area contributed by atoms with Gasteiger partial charge in [0, 0.05) is 13.0 Å². The minimum Gasteiger partial charge on any atom is -0.378 e. The van der Waals surface area contributed by atoms with E-state index in [1.54, 1.807) is 0 Å². The summed E-state index contributed by atoms with van der Waals surface area (Å²) in [6, 6.07) is -0.281. The lowest BCUT2D eigenvalue weighted by Crippen LogP contribution is -2.36. The van der Waals surface area contributed by atoms with Gasteiger partial charge in [0.15, 0.2) is 0 Å². The molecule has 1 aliphatic heterocycles. The highest BCUT2D eigenvalue weighted by atomic mass is 16.5. The summed E-state index contributed by atoms with van der Waals surface area (Å²) in [5.74, 6) is 0.488. The summed E-state index contributed by atoms with van der Waals surface area (Å²) in [6.45, 7) is 4.96. The number of rotatable bonds is 6. The highest BCUT2D eigenvalue weighted by molar-refractivity contribution is 5.84. The number of nitrogens with two attached hydrogens (primary N) is 1. The summed E-state index contributed by atoms with van der Waals surface area (Å²) in [5, 5.41) is 0. The van der Waals surface area contributed by atoms with Crippen LogP contribution in [0.2, 0.25) is 0 Å². The third kappa shape index (κ3) is 3.92. The standard InChI is InChI=1S/C12H23NO2/c1-3-9(2)12(13)11(14)7-6-10-5-4-8-15-10/h9-10,12H,3-8,13H2,1-2H3. The Morgan fingerprint density at radius 3 is 2.87 bits per heavy atom. The van der Waals surface area contributed by atoms with Crippen LogP contribution in [0.1, 0.15) is 46.0 Å². The third-order valence-electron chi connectivity index (χ3n) is 3.37. The summed E-state index contributed by atoms with van der Waals surface area (Å²) >= 11 is 0. The van der Waals surface area contributed by atoms with Crippen LogP contribution in [0.4, 0.5) is 0 Å². The summed E-state index contributed by atoms with van der Waals surface area (Å²) in [7, 11) is 0. The average Bonchev–Trinajstić information content (AvgIpc) is 2.76. The summed E-state index contributed by atoms with van der Waals surface area (Å²) in [5.41, 5.74) is 5.87. The van der Waals surface area contributed by atoms with Crippen molar-refractivity contribution in [1.29, 1.82) is 0 Å². The van der Waals surface area contributed by atoms with Crippen molar-refractivity contribution in [3.63, 3.8) is 0 Å². The summed E-state index contributed by atoms with van der Waals surface area (Å²) < 4.78 is 5.48. The molecule has 3 atom stereocenters. The fourth-order valence-electron chi connectivity index (χ4n) is 1.91. The maximum atomic E-state index is 11.7. The van der Waals surface area contributed by atoms with Gasteiger partial charge in [0.25, 0.3) is 0 Å². The smallest absolute Gasteiger partial charge is 0.149 e. The molecule has 0 spiro atoms. The number of Topliss-reactive ketones (excluding diaryl/α,β-unsaturated/α-hetero) is 1. The Bertz CT molecular complexity index is 200. The quantitative estimate of drug-likeness (QED) is 0.733.